The summed E-state index contributed by atoms with van der Waals surface area (Å²) in [6.07, 6.45) is 2.69. The molecule has 0 radical (unpaired) electrons. The number of aromatic nitrogens is 2. The van der Waals surface area contributed by atoms with Crippen LogP contribution in [0.15, 0.2) is 67.0 Å². The summed E-state index contributed by atoms with van der Waals surface area (Å²) in [4.78, 5) is 14.7. The van der Waals surface area contributed by atoms with Gasteiger partial charge in [-0.25, -0.2) is 0 Å². The Bertz CT molecular complexity index is 920. The summed E-state index contributed by atoms with van der Waals surface area (Å²) in [7, 11) is 1.82. The van der Waals surface area contributed by atoms with Gasteiger partial charge < -0.3 is 10.0 Å². The lowest BCUT2D eigenvalue weighted by Crippen LogP contribution is -2.39. The number of nitrogens with zero attached hydrogens (tertiary/aromatic N) is 3. The Labute approximate surface area is 152 Å². The minimum Gasteiger partial charge on any atom is -0.383 e. The molecular weight excluding hydrogens is 326 g/mol. The highest BCUT2D eigenvalue weighted by atomic mass is 16.3. The molecule has 0 aliphatic carbocycles. The average molecular weight is 347 g/mol. The molecule has 26 heavy (non-hydrogen) atoms. The molecule has 0 saturated carbocycles. The van der Waals surface area contributed by atoms with E-state index >= 15 is 0 Å². The van der Waals surface area contributed by atoms with E-state index in [0.29, 0.717) is 6.54 Å². The first kappa shape index (κ1) is 16.5. The topological polar surface area (TPSA) is 58.4 Å². The van der Waals surface area contributed by atoms with E-state index in [2.05, 4.69) is 23.3 Å². The van der Waals surface area contributed by atoms with Gasteiger partial charge in [0.15, 0.2) is 0 Å². The molecule has 2 heterocycles. The summed E-state index contributed by atoms with van der Waals surface area (Å²) in [5.41, 5.74) is 4.04. The maximum atomic E-state index is 12.9. The van der Waals surface area contributed by atoms with E-state index in [1.54, 1.807) is 15.8 Å². The van der Waals surface area contributed by atoms with E-state index in [4.69, 9.17) is 0 Å². The maximum Gasteiger partial charge on any atom is 0.256 e. The molecule has 0 bridgehead atoms. The molecule has 0 saturated heterocycles. The molecule has 2 atom stereocenters. The third kappa shape index (κ3) is 3.02. The molecule has 0 spiro atoms. The van der Waals surface area contributed by atoms with Gasteiger partial charge in [0, 0.05) is 37.8 Å². The Morgan fingerprint density at radius 3 is 2.65 bits per heavy atom. The number of para-hydroxylation sites is 1. The second-order valence-electron chi connectivity index (χ2n) is 6.71. The van der Waals surface area contributed by atoms with Crippen molar-refractivity contribution in [2.75, 3.05) is 11.4 Å². The van der Waals surface area contributed by atoms with Crippen LogP contribution in [0, 0.1) is 0 Å². The van der Waals surface area contributed by atoms with Gasteiger partial charge in [-0.2, -0.15) is 5.10 Å². The van der Waals surface area contributed by atoms with Gasteiger partial charge in [-0.05, 0) is 22.8 Å². The zero-order valence-corrected chi connectivity index (χ0v) is 14.6. The van der Waals surface area contributed by atoms with E-state index in [9.17, 15) is 9.90 Å². The van der Waals surface area contributed by atoms with Crippen molar-refractivity contribution in [3.05, 3.63) is 83.7 Å². The lowest BCUT2D eigenvalue weighted by molar-refractivity contribution is -0.126. The number of aryl methyl sites for hydroxylation is 1. The molecule has 1 amide bonds. The van der Waals surface area contributed by atoms with Crippen molar-refractivity contribution in [3.63, 3.8) is 0 Å². The van der Waals surface area contributed by atoms with Gasteiger partial charge in [-0.15, -0.1) is 0 Å². The third-order valence-corrected chi connectivity index (χ3v) is 4.91. The minimum absolute atomic E-state index is 0.127. The number of aliphatic hydroxyl groups excluding tert-OH is 1. The van der Waals surface area contributed by atoms with Gasteiger partial charge in [0.05, 0.1) is 6.20 Å². The van der Waals surface area contributed by atoms with Gasteiger partial charge in [0.25, 0.3) is 5.91 Å². The fourth-order valence-electron chi connectivity index (χ4n) is 3.65. The lowest BCUT2D eigenvalue weighted by Gasteiger charge is -2.21. The highest BCUT2D eigenvalue weighted by Gasteiger charge is 2.35. The molecule has 5 heteroatoms. The van der Waals surface area contributed by atoms with Gasteiger partial charge >= 0.3 is 0 Å². The molecule has 1 aliphatic heterocycles. The van der Waals surface area contributed by atoms with Crippen molar-refractivity contribution in [1.29, 1.82) is 0 Å². The van der Waals surface area contributed by atoms with Crippen molar-refractivity contribution in [1.82, 2.24) is 9.78 Å². The highest BCUT2D eigenvalue weighted by Crippen LogP contribution is 2.40. The minimum atomic E-state index is -1.08. The molecule has 0 fully saturated rings. The van der Waals surface area contributed by atoms with Crippen LogP contribution in [0.1, 0.15) is 22.6 Å². The summed E-state index contributed by atoms with van der Waals surface area (Å²) in [6, 6.07) is 18.1. The molecule has 1 N–H and O–H groups in total. The predicted molar refractivity (Wildman–Crippen MR) is 100.0 cm³/mol. The molecule has 5 nitrogen and oxygen atoms in total. The van der Waals surface area contributed by atoms with E-state index in [1.807, 2.05) is 49.6 Å². The number of amides is 1. The van der Waals surface area contributed by atoms with E-state index in [0.717, 1.165) is 16.8 Å². The molecule has 3 aromatic rings. The number of carbonyl (C=O) groups is 1. The van der Waals surface area contributed by atoms with Gasteiger partial charge in [0.1, 0.15) is 6.10 Å². The first-order chi connectivity index (χ1) is 12.6. The molecule has 1 aromatic heterocycles. The van der Waals surface area contributed by atoms with E-state index < -0.39 is 6.10 Å². The molecular formula is C21H21N3O2. The van der Waals surface area contributed by atoms with Crippen molar-refractivity contribution < 1.29 is 9.90 Å². The standard InChI is InChI=1S/C21H21N3O2/c1-23-13-15(12-22-23)11-20(25)21(26)24-14-18(16-7-3-2-4-8-16)17-9-5-6-10-19(17)24/h2-10,12-13,18,20,25H,11,14H2,1H3/t18-,20+/m1/s1. The largest absolute Gasteiger partial charge is 0.383 e. The number of carbonyl (C=O) groups excluding carboxylic acids is 1. The molecule has 132 valence electrons. The molecule has 0 unspecified atom stereocenters. The van der Waals surface area contributed by atoms with Crippen LogP contribution in [0.5, 0.6) is 0 Å². The predicted octanol–water partition coefficient (Wildman–Crippen LogP) is 2.50. The third-order valence-electron chi connectivity index (χ3n) is 4.91. The van der Waals surface area contributed by atoms with Crippen molar-refractivity contribution in [2.24, 2.45) is 7.05 Å². The van der Waals surface area contributed by atoms with Gasteiger partial charge in [-0.3, -0.25) is 9.48 Å². The summed E-state index contributed by atoms with van der Waals surface area (Å²) in [5, 5.41) is 14.6. The first-order valence-corrected chi connectivity index (χ1v) is 8.74. The summed E-state index contributed by atoms with van der Waals surface area (Å²) >= 11 is 0. The van der Waals surface area contributed by atoms with Crippen LogP contribution in [-0.2, 0) is 18.3 Å². The monoisotopic (exact) mass is 347 g/mol. The number of hydrogen-bond acceptors (Lipinski definition) is 3. The van der Waals surface area contributed by atoms with Crippen molar-refractivity contribution in [2.45, 2.75) is 18.4 Å². The average Bonchev–Trinajstić information content (AvgIpc) is 3.25. The number of hydrogen-bond donors (Lipinski definition) is 1. The Morgan fingerprint density at radius 2 is 1.92 bits per heavy atom. The van der Waals surface area contributed by atoms with E-state index in [1.165, 1.54) is 5.56 Å². The van der Waals surface area contributed by atoms with Crippen LogP contribution in [0.2, 0.25) is 0 Å². The summed E-state index contributed by atoms with van der Waals surface area (Å²) in [6.45, 7) is 0.548. The summed E-state index contributed by atoms with van der Waals surface area (Å²) < 4.78 is 1.67. The number of aliphatic hydroxyl groups is 1. The van der Waals surface area contributed by atoms with Crippen LogP contribution < -0.4 is 4.90 Å². The van der Waals surface area contributed by atoms with Crippen LogP contribution >= 0.6 is 0 Å². The van der Waals surface area contributed by atoms with Crippen LogP contribution in [0.3, 0.4) is 0 Å². The van der Waals surface area contributed by atoms with Gasteiger partial charge in [0.2, 0.25) is 0 Å². The Hall–Kier alpha value is -2.92. The van der Waals surface area contributed by atoms with Crippen LogP contribution in [-0.4, -0.2) is 33.4 Å². The zero-order valence-electron chi connectivity index (χ0n) is 14.6. The second-order valence-corrected chi connectivity index (χ2v) is 6.71. The maximum absolute atomic E-state index is 12.9. The Balaban J connectivity index is 1.59. The number of benzene rings is 2. The van der Waals surface area contributed by atoms with Crippen LogP contribution in [0.25, 0.3) is 0 Å². The number of anilines is 1. The fourth-order valence-corrected chi connectivity index (χ4v) is 3.65. The van der Waals surface area contributed by atoms with E-state index in [-0.39, 0.29) is 18.2 Å². The highest BCUT2D eigenvalue weighted by molar-refractivity contribution is 5.99. The smallest absolute Gasteiger partial charge is 0.256 e. The quantitative estimate of drug-likeness (QED) is 0.789. The van der Waals surface area contributed by atoms with Gasteiger partial charge in [-0.1, -0.05) is 48.5 Å². The number of fused-ring (bicyclic) bond motifs is 1. The van der Waals surface area contributed by atoms with Crippen molar-refractivity contribution in [3.8, 4) is 0 Å². The molecule has 2 aromatic carbocycles. The fraction of sp³-hybridized carbons (Fsp3) is 0.238. The van der Waals surface area contributed by atoms with Crippen molar-refractivity contribution >= 4 is 11.6 Å². The first-order valence-electron chi connectivity index (χ1n) is 8.74. The molecule has 4 rings (SSSR count). The SMILES string of the molecule is Cn1cc(C[C@H](O)C(=O)N2C[C@H](c3ccccc3)c3ccccc32)cn1. The second kappa shape index (κ2) is 6.77. The van der Waals surface area contributed by atoms with Crippen LogP contribution in [0.4, 0.5) is 5.69 Å². The summed E-state index contributed by atoms with van der Waals surface area (Å²) in [5.74, 6) is -0.137. The Kier molecular flexibility index (Phi) is 4.31. The Morgan fingerprint density at radius 1 is 1.19 bits per heavy atom. The zero-order chi connectivity index (χ0) is 18.1. The number of rotatable bonds is 4. The lowest BCUT2D eigenvalue weighted by atomic mass is 9.93. The normalized spacial score (nSPS) is 17.2. The molecule has 1 aliphatic rings.